The summed E-state index contributed by atoms with van der Waals surface area (Å²) in [7, 11) is 1.30. The molecule has 2 unspecified atom stereocenters. The van der Waals surface area contributed by atoms with Crippen LogP contribution in [0, 0.1) is 5.41 Å². The highest BCUT2D eigenvalue weighted by Gasteiger charge is 2.50. The maximum Gasteiger partial charge on any atom is 0.408 e. The summed E-state index contributed by atoms with van der Waals surface area (Å²) < 4.78 is 23.0. The number of nitrogens with one attached hydrogen (secondary N) is 1. The van der Waals surface area contributed by atoms with Gasteiger partial charge in [-0.3, -0.25) is 19.2 Å². The number of alkyl carbamates (subject to hydrolysis) is 1. The fourth-order valence-electron chi connectivity index (χ4n) is 7.83. The molecule has 0 bridgehead atoms. The molecule has 1 saturated heterocycles. The van der Waals surface area contributed by atoms with E-state index in [0.717, 1.165) is 0 Å². The third-order valence-corrected chi connectivity index (χ3v) is 11.0. The Morgan fingerprint density at radius 2 is 1.78 bits per heavy atom. The van der Waals surface area contributed by atoms with Gasteiger partial charge in [0.25, 0.3) is 0 Å². The van der Waals surface area contributed by atoms with E-state index in [1.807, 2.05) is 0 Å². The number of rotatable bonds is 8. The number of ether oxygens (including phenoxy) is 4. The van der Waals surface area contributed by atoms with Gasteiger partial charge in [0.05, 0.1) is 47.5 Å². The molecule has 8 atom stereocenters. The molecule has 4 aliphatic rings. The van der Waals surface area contributed by atoms with Crippen LogP contribution in [0.1, 0.15) is 101 Å². The first-order valence-corrected chi connectivity index (χ1v) is 17.6. The highest BCUT2D eigenvalue weighted by atomic mass is 16.7. The lowest BCUT2D eigenvalue weighted by Crippen LogP contribution is -2.56. The molecule has 0 radical (unpaired) electrons. The van der Waals surface area contributed by atoms with Crippen LogP contribution in [0.2, 0.25) is 0 Å². The number of phenolic OH excluding ortho intramolecular Hbond substituents is 2. The van der Waals surface area contributed by atoms with Crippen molar-refractivity contribution in [2.45, 2.75) is 101 Å². The topological polar surface area (TPSA) is 256 Å². The standard InChI is InChI=1S/C38H43NO15/c1-17-30(42)21(39-36(49)53-18-7-4-5-11-37(2,12-10-18)35(47)48)13-25(52-17)54-23-15-38(50,24(41)16-40)14-20-27(23)34(46)29-28(32(20)44)31(43)19-8-6-9-22(51-3)26(19)33(29)45/h4,6-9,17-18,21,23,25,30,40,42,44,46,50H,5,10-16H2,1-3H3,(H,39,49)(H,47,48)/b7-4+/t17?,18-,21-,23-,25?,30+,37+,38-/m0/s1. The number of carbonyl (C=O) groups excluding carboxylic acids is 4. The van der Waals surface area contributed by atoms with Crippen LogP contribution >= 0.6 is 0 Å². The summed E-state index contributed by atoms with van der Waals surface area (Å²) in [5, 5.41) is 67.9. The van der Waals surface area contributed by atoms with Gasteiger partial charge < -0.3 is 54.9 Å². The Hall–Kier alpha value is -4.87. The Balaban J connectivity index is 1.29. The van der Waals surface area contributed by atoms with E-state index < -0.39 is 119 Å². The second-order valence-electron chi connectivity index (χ2n) is 14.6. The van der Waals surface area contributed by atoms with E-state index in [2.05, 4.69) is 5.32 Å². The summed E-state index contributed by atoms with van der Waals surface area (Å²) in [5.41, 5.74) is -5.16. The van der Waals surface area contributed by atoms with Crippen molar-refractivity contribution in [2.24, 2.45) is 5.41 Å². The number of methoxy groups -OCH3 is 1. The van der Waals surface area contributed by atoms with Crippen molar-refractivity contribution in [3.8, 4) is 17.2 Å². The molecule has 2 aromatic carbocycles. The molecule has 0 saturated carbocycles. The molecule has 290 valence electrons. The zero-order valence-electron chi connectivity index (χ0n) is 29.9. The molecular weight excluding hydrogens is 710 g/mol. The molecule has 1 amide bonds. The average Bonchev–Trinajstić information content (AvgIpc) is 3.12. The number of aliphatic carboxylic acids is 1. The number of allylic oxidation sites excluding steroid dienone is 1. The molecule has 1 fully saturated rings. The third kappa shape index (κ3) is 6.84. The van der Waals surface area contributed by atoms with E-state index >= 15 is 0 Å². The molecule has 16 heteroatoms. The highest BCUT2D eigenvalue weighted by molar-refractivity contribution is 6.31. The predicted molar refractivity (Wildman–Crippen MR) is 184 cm³/mol. The van der Waals surface area contributed by atoms with Gasteiger partial charge in [-0.25, -0.2) is 4.79 Å². The summed E-state index contributed by atoms with van der Waals surface area (Å²) in [4.78, 5) is 65.5. The van der Waals surface area contributed by atoms with E-state index in [1.165, 1.54) is 32.2 Å². The first-order valence-electron chi connectivity index (χ1n) is 17.6. The molecule has 3 aliphatic carbocycles. The van der Waals surface area contributed by atoms with Crippen LogP contribution in [0.4, 0.5) is 4.79 Å². The molecule has 7 N–H and O–H groups in total. The number of carbonyl (C=O) groups is 5. The quantitative estimate of drug-likeness (QED) is 0.129. The summed E-state index contributed by atoms with van der Waals surface area (Å²) in [5.74, 6) is -5.11. The maximum absolute atomic E-state index is 13.9. The first kappa shape index (κ1) is 38.8. The van der Waals surface area contributed by atoms with Crippen LogP contribution in [0.15, 0.2) is 30.4 Å². The molecule has 1 heterocycles. The molecule has 0 aromatic heterocycles. The van der Waals surface area contributed by atoms with Crippen molar-refractivity contribution in [1.82, 2.24) is 5.32 Å². The van der Waals surface area contributed by atoms with Gasteiger partial charge in [0.1, 0.15) is 41.7 Å². The molecule has 1 aliphatic heterocycles. The maximum atomic E-state index is 13.9. The van der Waals surface area contributed by atoms with Crippen LogP contribution in [-0.4, -0.2) is 110 Å². The van der Waals surface area contributed by atoms with Crippen LogP contribution < -0.4 is 10.1 Å². The second-order valence-corrected chi connectivity index (χ2v) is 14.6. The lowest BCUT2D eigenvalue weighted by molar-refractivity contribution is -0.249. The third-order valence-electron chi connectivity index (χ3n) is 11.0. The number of aliphatic hydroxyl groups is 3. The fourth-order valence-corrected chi connectivity index (χ4v) is 7.83. The number of aromatic hydroxyl groups is 2. The summed E-state index contributed by atoms with van der Waals surface area (Å²) in [6, 6.07) is 3.25. The van der Waals surface area contributed by atoms with Crippen molar-refractivity contribution >= 4 is 29.4 Å². The van der Waals surface area contributed by atoms with Crippen molar-refractivity contribution in [3.05, 3.63) is 63.7 Å². The molecule has 0 spiro atoms. The lowest BCUT2D eigenvalue weighted by atomic mass is 9.72. The Morgan fingerprint density at radius 3 is 2.46 bits per heavy atom. The summed E-state index contributed by atoms with van der Waals surface area (Å²) in [6.45, 7) is 2.05. The zero-order chi connectivity index (χ0) is 39.3. The van der Waals surface area contributed by atoms with Crippen molar-refractivity contribution < 1.29 is 73.6 Å². The average molecular weight is 754 g/mol. The van der Waals surface area contributed by atoms with Crippen LogP contribution in [-0.2, 0) is 30.2 Å². The number of Topliss-reactive ketones (excluding diaryl/α,β-unsaturated/α-hetero) is 1. The lowest BCUT2D eigenvalue weighted by Gasteiger charge is -2.42. The number of carboxylic acids is 1. The summed E-state index contributed by atoms with van der Waals surface area (Å²) >= 11 is 0. The van der Waals surface area contributed by atoms with E-state index in [0.29, 0.717) is 12.8 Å². The van der Waals surface area contributed by atoms with Crippen molar-refractivity contribution in [2.75, 3.05) is 13.7 Å². The van der Waals surface area contributed by atoms with E-state index in [4.69, 9.17) is 18.9 Å². The number of aliphatic hydroxyl groups excluding tert-OH is 2. The van der Waals surface area contributed by atoms with Crippen LogP contribution in [0.3, 0.4) is 0 Å². The van der Waals surface area contributed by atoms with E-state index in [-0.39, 0.29) is 47.3 Å². The number of carboxylic acid groups (broad SMARTS) is 1. The Morgan fingerprint density at radius 1 is 1.06 bits per heavy atom. The Kier molecular flexibility index (Phi) is 10.6. The Labute approximate surface area is 309 Å². The van der Waals surface area contributed by atoms with Gasteiger partial charge in [0.2, 0.25) is 5.78 Å². The van der Waals surface area contributed by atoms with Crippen LogP contribution in [0.25, 0.3) is 0 Å². The SMILES string of the molecule is COc1cccc2c1C(=O)c1c(O)c3c(c(O)c1C2=O)C[C@@](O)(C(=O)CO)C[C@@H]3OC1C[C@H](NC(=O)O[C@H]2/C=C/CC[C@@](C)(C(=O)O)CC2)[C@H](O)C(C)O1. The van der Waals surface area contributed by atoms with Gasteiger partial charge in [0.15, 0.2) is 17.9 Å². The fraction of sp³-hybridized carbons (Fsp3) is 0.500. The second kappa shape index (κ2) is 14.8. The smallest absolute Gasteiger partial charge is 0.408 e. The minimum Gasteiger partial charge on any atom is -0.507 e. The van der Waals surface area contributed by atoms with Crippen molar-refractivity contribution in [1.29, 1.82) is 0 Å². The van der Waals surface area contributed by atoms with Gasteiger partial charge in [-0.15, -0.1) is 0 Å². The van der Waals surface area contributed by atoms with E-state index in [1.54, 1.807) is 19.1 Å². The number of ketones is 3. The number of hydrogen-bond donors (Lipinski definition) is 7. The number of benzene rings is 2. The number of amides is 1. The largest absolute Gasteiger partial charge is 0.507 e. The zero-order valence-corrected chi connectivity index (χ0v) is 29.9. The van der Waals surface area contributed by atoms with Gasteiger partial charge in [-0.1, -0.05) is 18.2 Å². The molecule has 16 nitrogen and oxygen atoms in total. The minimum atomic E-state index is -2.36. The Bertz CT molecular complexity index is 1920. The van der Waals surface area contributed by atoms with Gasteiger partial charge in [-0.2, -0.15) is 0 Å². The molecular formula is C38H43NO15. The van der Waals surface area contributed by atoms with Gasteiger partial charge in [-0.05, 0) is 51.7 Å². The molecule has 2 aromatic rings. The first-order chi connectivity index (χ1) is 25.5. The molecule has 54 heavy (non-hydrogen) atoms. The van der Waals surface area contributed by atoms with E-state index in [9.17, 15) is 54.6 Å². The van der Waals surface area contributed by atoms with Crippen molar-refractivity contribution in [3.63, 3.8) is 0 Å². The minimum absolute atomic E-state index is 0.0494. The predicted octanol–water partition coefficient (Wildman–Crippen LogP) is 2.36. The molecule has 6 rings (SSSR count). The van der Waals surface area contributed by atoms with Gasteiger partial charge in [0, 0.05) is 36.0 Å². The summed E-state index contributed by atoms with van der Waals surface area (Å²) in [6.07, 6.45) is -3.32. The normalized spacial score (nSPS) is 31.1. The number of hydrogen-bond acceptors (Lipinski definition) is 14. The highest BCUT2D eigenvalue weighted by Crippen LogP contribution is 2.52. The number of fused-ring (bicyclic) bond motifs is 3. The van der Waals surface area contributed by atoms with Gasteiger partial charge >= 0.3 is 12.1 Å². The monoisotopic (exact) mass is 753 g/mol. The number of phenols is 2. The van der Waals surface area contributed by atoms with Crippen LogP contribution in [0.5, 0.6) is 17.2 Å².